The number of nitrogens with zero attached hydrogens (tertiary/aromatic N) is 1. The number of ether oxygens (including phenoxy) is 1. The Morgan fingerprint density at radius 3 is 2.71 bits per heavy atom. The minimum absolute atomic E-state index is 0. The largest absolute Gasteiger partial charge is 0.497 e. The first-order valence-electron chi connectivity index (χ1n) is 7.31. The molecule has 1 amide bonds. The normalized spacial score (nSPS) is 15.4. The number of carbonyl (C=O) groups is 1. The van der Waals surface area contributed by atoms with Crippen LogP contribution in [-0.4, -0.2) is 44.1 Å². The van der Waals surface area contributed by atoms with Gasteiger partial charge in [0.2, 0.25) is 5.91 Å². The van der Waals surface area contributed by atoms with Crippen LogP contribution in [0, 0.1) is 0 Å². The van der Waals surface area contributed by atoms with Crippen molar-refractivity contribution in [2.45, 2.75) is 31.7 Å². The minimum atomic E-state index is 0. The minimum Gasteiger partial charge on any atom is -0.497 e. The second-order valence-electron chi connectivity index (χ2n) is 5.30. The highest BCUT2D eigenvalue weighted by atomic mass is 35.5. The van der Waals surface area contributed by atoms with Crippen LogP contribution in [0.4, 0.5) is 0 Å². The number of hydrogen-bond acceptors (Lipinski definition) is 3. The molecule has 0 radical (unpaired) electrons. The number of benzene rings is 1. The van der Waals surface area contributed by atoms with E-state index >= 15 is 0 Å². The van der Waals surface area contributed by atoms with E-state index in [1.165, 1.54) is 0 Å². The predicted molar refractivity (Wildman–Crippen MR) is 87.2 cm³/mol. The zero-order chi connectivity index (χ0) is 14.4. The molecule has 5 heteroatoms. The van der Waals surface area contributed by atoms with Crippen molar-refractivity contribution in [3.8, 4) is 5.75 Å². The van der Waals surface area contributed by atoms with Gasteiger partial charge in [0.15, 0.2) is 0 Å². The Kier molecular flexibility index (Phi) is 7.54. The standard InChI is InChI=1S/C16H24N2O2.ClH/c1-17-14-8-10-18(11-9-14)16(19)7-6-13-4-3-5-15(12-13)20-2;/h3-5,12,14,17H,6-11H2,1-2H3;1H. The second-order valence-corrected chi connectivity index (χ2v) is 5.30. The summed E-state index contributed by atoms with van der Waals surface area (Å²) in [5.74, 6) is 1.12. The number of carbonyl (C=O) groups excluding carboxylic acids is 1. The number of aryl methyl sites for hydroxylation is 1. The zero-order valence-corrected chi connectivity index (χ0v) is 13.6. The molecule has 2 rings (SSSR count). The van der Waals surface area contributed by atoms with Crippen LogP contribution in [0.5, 0.6) is 5.75 Å². The van der Waals surface area contributed by atoms with Crippen LogP contribution < -0.4 is 10.1 Å². The quantitative estimate of drug-likeness (QED) is 0.907. The fraction of sp³-hybridized carbons (Fsp3) is 0.562. The van der Waals surface area contributed by atoms with Crippen molar-refractivity contribution < 1.29 is 9.53 Å². The van der Waals surface area contributed by atoms with E-state index < -0.39 is 0 Å². The molecule has 4 nitrogen and oxygen atoms in total. The van der Waals surface area contributed by atoms with Crippen LogP contribution in [-0.2, 0) is 11.2 Å². The van der Waals surface area contributed by atoms with Gasteiger partial charge in [-0.2, -0.15) is 0 Å². The maximum absolute atomic E-state index is 12.2. The van der Waals surface area contributed by atoms with E-state index in [9.17, 15) is 4.79 Å². The molecule has 1 aliphatic heterocycles. The van der Waals surface area contributed by atoms with Crippen LogP contribution in [0.1, 0.15) is 24.8 Å². The number of methoxy groups -OCH3 is 1. The molecule has 0 saturated carbocycles. The molecule has 1 aromatic carbocycles. The molecule has 1 saturated heterocycles. The number of amides is 1. The summed E-state index contributed by atoms with van der Waals surface area (Å²) in [6.07, 6.45) is 3.47. The lowest BCUT2D eigenvalue weighted by atomic mass is 10.0. The molecular formula is C16H25ClN2O2. The molecule has 0 spiro atoms. The molecule has 0 bridgehead atoms. The molecule has 1 N–H and O–H groups in total. The molecule has 1 fully saturated rings. The van der Waals surface area contributed by atoms with E-state index in [1.807, 2.05) is 36.2 Å². The number of nitrogens with one attached hydrogen (secondary N) is 1. The van der Waals surface area contributed by atoms with E-state index in [2.05, 4.69) is 5.32 Å². The zero-order valence-electron chi connectivity index (χ0n) is 12.8. The fourth-order valence-corrected chi connectivity index (χ4v) is 2.65. The van der Waals surface area contributed by atoms with Gasteiger partial charge in [0.25, 0.3) is 0 Å². The maximum Gasteiger partial charge on any atom is 0.222 e. The van der Waals surface area contributed by atoms with Crippen LogP contribution >= 0.6 is 12.4 Å². The smallest absolute Gasteiger partial charge is 0.222 e. The molecule has 1 aliphatic rings. The predicted octanol–water partition coefficient (Wildman–Crippen LogP) is 2.26. The van der Waals surface area contributed by atoms with Gasteiger partial charge < -0.3 is 15.0 Å². The third-order valence-electron chi connectivity index (χ3n) is 4.02. The highest BCUT2D eigenvalue weighted by molar-refractivity contribution is 5.85. The number of hydrogen-bond donors (Lipinski definition) is 1. The second kappa shape index (κ2) is 8.90. The molecule has 0 unspecified atom stereocenters. The van der Waals surface area contributed by atoms with E-state index in [0.29, 0.717) is 12.5 Å². The van der Waals surface area contributed by atoms with Gasteiger partial charge in [0.1, 0.15) is 5.75 Å². The first-order valence-corrected chi connectivity index (χ1v) is 7.31. The highest BCUT2D eigenvalue weighted by Crippen LogP contribution is 2.16. The first kappa shape index (κ1) is 17.8. The average Bonchev–Trinajstić information content (AvgIpc) is 2.53. The summed E-state index contributed by atoms with van der Waals surface area (Å²) in [7, 11) is 3.65. The van der Waals surface area contributed by atoms with Gasteiger partial charge in [-0.1, -0.05) is 12.1 Å². The SMILES string of the molecule is CNC1CCN(C(=O)CCc2cccc(OC)c2)CC1.Cl. The molecule has 1 heterocycles. The Bertz CT molecular complexity index is 446. The van der Waals surface area contributed by atoms with Gasteiger partial charge in [-0.25, -0.2) is 0 Å². The lowest BCUT2D eigenvalue weighted by molar-refractivity contribution is -0.132. The third-order valence-corrected chi connectivity index (χ3v) is 4.02. The first-order chi connectivity index (χ1) is 9.72. The molecule has 1 aromatic rings. The summed E-state index contributed by atoms with van der Waals surface area (Å²) in [4.78, 5) is 14.2. The van der Waals surface area contributed by atoms with Crippen molar-refractivity contribution in [2.24, 2.45) is 0 Å². The number of piperidine rings is 1. The Labute approximate surface area is 133 Å². The van der Waals surface area contributed by atoms with Crippen molar-refractivity contribution in [1.29, 1.82) is 0 Å². The number of rotatable bonds is 5. The lowest BCUT2D eigenvalue weighted by Gasteiger charge is -2.31. The fourth-order valence-electron chi connectivity index (χ4n) is 2.65. The highest BCUT2D eigenvalue weighted by Gasteiger charge is 2.21. The number of likely N-dealkylation sites (tertiary alicyclic amines) is 1. The monoisotopic (exact) mass is 312 g/mol. The molecular weight excluding hydrogens is 288 g/mol. The Morgan fingerprint density at radius 2 is 2.10 bits per heavy atom. The summed E-state index contributed by atoms with van der Waals surface area (Å²) in [5.41, 5.74) is 1.16. The summed E-state index contributed by atoms with van der Waals surface area (Å²) < 4.78 is 5.20. The van der Waals surface area contributed by atoms with E-state index in [-0.39, 0.29) is 18.3 Å². The van der Waals surface area contributed by atoms with Gasteiger partial charge in [-0.3, -0.25) is 4.79 Å². The topological polar surface area (TPSA) is 41.6 Å². The average molecular weight is 313 g/mol. The molecule has 118 valence electrons. The van der Waals surface area contributed by atoms with E-state index in [1.54, 1.807) is 7.11 Å². The summed E-state index contributed by atoms with van der Waals surface area (Å²) >= 11 is 0. The molecule has 21 heavy (non-hydrogen) atoms. The Hall–Kier alpha value is -1.26. The van der Waals surface area contributed by atoms with Crippen LogP contribution in [0.2, 0.25) is 0 Å². The van der Waals surface area contributed by atoms with Gasteiger partial charge in [0, 0.05) is 25.6 Å². The summed E-state index contributed by atoms with van der Waals surface area (Å²) in [6.45, 7) is 1.75. The molecule has 0 aromatic heterocycles. The van der Waals surface area contributed by atoms with Crippen LogP contribution in [0.3, 0.4) is 0 Å². The van der Waals surface area contributed by atoms with Gasteiger partial charge in [0.05, 0.1) is 7.11 Å². The van der Waals surface area contributed by atoms with Gasteiger partial charge in [-0.05, 0) is 44.0 Å². The number of halogens is 1. The van der Waals surface area contributed by atoms with Crippen LogP contribution in [0.25, 0.3) is 0 Å². The van der Waals surface area contributed by atoms with Crippen molar-refractivity contribution >= 4 is 18.3 Å². The van der Waals surface area contributed by atoms with Crippen LogP contribution in [0.15, 0.2) is 24.3 Å². The third kappa shape index (κ3) is 5.21. The van der Waals surface area contributed by atoms with E-state index in [0.717, 1.165) is 43.7 Å². The van der Waals surface area contributed by atoms with E-state index in [4.69, 9.17) is 4.74 Å². The van der Waals surface area contributed by atoms with Gasteiger partial charge >= 0.3 is 0 Å². The van der Waals surface area contributed by atoms with Crippen molar-refractivity contribution in [1.82, 2.24) is 10.2 Å². The summed E-state index contributed by atoms with van der Waals surface area (Å²) in [5, 5.41) is 3.28. The maximum atomic E-state index is 12.2. The van der Waals surface area contributed by atoms with Crippen molar-refractivity contribution in [3.63, 3.8) is 0 Å². The summed E-state index contributed by atoms with van der Waals surface area (Å²) in [6, 6.07) is 8.51. The van der Waals surface area contributed by atoms with Crippen molar-refractivity contribution in [3.05, 3.63) is 29.8 Å². The Morgan fingerprint density at radius 1 is 1.38 bits per heavy atom. The molecule has 0 atom stereocenters. The van der Waals surface area contributed by atoms with Gasteiger partial charge in [-0.15, -0.1) is 12.4 Å². The van der Waals surface area contributed by atoms with Crippen molar-refractivity contribution in [2.75, 3.05) is 27.2 Å². The lowest BCUT2D eigenvalue weighted by Crippen LogP contribution is -2.44. The Balaban J connectivity index is 0.00000220. The molecule has 0 aliphatic carbocycles.